The first-order valence-electron chi connectivity index (χ1n) is 6.18. The molecule has 0 spiro atoms. The molecule has 2 heterocycles. The number of rotatable bonds is 6. The number of hydrogen-bond acceptors (Lipinski definition) is 5. The van der Waals surface area contributed by atoms with Crippen LogP contribution >= 0.6 is 11.8 Å². The fourth-order valence-electron chi connectivity index (χ4n) is 1.58. The van der Waals surface area contributed by atoms with Gasteiger partial charge in [0.2, 0.25) is 0 Å². The van der Waals surface area contributed by atoms with E-state index in [4.69, 9.17) is 5.73 Å². The molecule has 2 N–H and O–H groups in total. The van der Waals surface area contributed by atoms with E-state index >= 15 is 0 Å². The molecule has 0 aliphatic carbocycles. The molecule has 108 valence electrons. The molecule has 0 saturated heterocycles. The second-order valence-corrected chi connectivity index (χ2v) is 5.02. The van der Waals surface area contributed by atoms with Gasteiger partial charge in [-0.3, -0.25) is 4.68 Å². The Morgan fingerprint density at radius 1 is 1.35 bits per heavy atom. The van der Waals surface area contributed by atoms with Crippen molar-refractivity contribution >= 4 is 11.8 Å². The van der Waals surface area contributed by atoms with Crippen LogP contribution in [-0.4, -0.2) is 32.0 Å². The molecule has 0 fully saturated rings. The highest BCUT2D eigenvalue weighted by Gasteiger charge is 2.15. The zero-order valence-corrected chi connectivity index (χ0v) is 11.8. The number of nitrogens with zero attached hydrogens (tertiary/aromatic N) is 4. The molecule has 0 unspecified atom stereocenters. The van der Waals surface area contributed by atoms with Gasteiger partial charge in [0.25, 0.3) is 6.43 Å². The Morgan fingerprint density at radius 3 is 2.75 bits per heavy atom. The third kappa shape index (κ3) is 3.51. The van der Waals surface area contributed by atoms with Crippen LogP contribution < -0.4 is 5.73 Å². The first kappa shape index (κ1) is 14.9. The van der Waals surface area contributed by atoms with Crippen LogP contribution in [0.3, 0.4) is 0 Å². The summed E-state index contributed by atoms with van der Waals surface area (Å²) >= 11 is 1.26. The van der Waals surface area contributed by atoms with E-state index in [1.807, 2.05) is 6.92 Å². The van der Waals surface area contributed by atoms with Crippen molar-refractivity contribution < 1.29 is 8.78 Å². The molecule has 8 heteroatoms. The third-order valence-corrected chi connectivity index (χ3v) is 3.41. The maximum atomic E-state index is 12.9. The fourth-order valence-corrected chi connectivity index (χ4v) is 2.21. The van der Waals surface area contributed by atoms with E-state index < -0.39 is 6.43 Å². The second kappa shape index (κ2) is 6.76. The average Bonchev–Trinajstić information content (AvgIpc) is 2.93. The minimum absolute atomic E-state index is 0.291. The second-order valence-electron chi connectivity index (χ2n) is 3.96. The maximum Gasteiger partial charge on any atom is 0.280 e. The van der Waals surface area contributed by atoms with Gasteiger partial charge in [-0.1, -0.05) is 11.8 Å². The molecule has 0 radical (unpaired) electrons. The van der Waals surface area contributed by atoms with Crippen LogP contribution in [0.5, 0.6) is 0 Å². The summed E-state index contributed by atoms with van der Waals surface area (Å²) in [5.74, 6) is 0.579. The number of aryl methyl sites for hydroxylation is 1. The Kier molecular flexibility index (Phi) is 5.02. The molecular formula is C12H15F2N5S. The number of halogens is 2. The van der Waals surface area contributed by atoms with Crippen molar-refractivity contribution in [3.8, 4) is 11.4 Å². The molecule has 0 aromatic carbocycles. The van der Waals surface area contributed by atoms with Crippen LogP contribution in [0.15, 0.2) is 23.5 Å². The van der Waals surface area contributed by atoms with Crippen LogP contribution in [0, 0.1) is 0 Å². The van der Waals surface area contributed by atoms with Crippen molar-refractivity contribution in [1.82, 2.24) is 19.7 Å². The highest BCUT2D eigenvalue weighted by atomic mass is 32.2. The molecule has 2 rings (SSSR count). The van der Waals surface area contributed by atoms with Gasteiger partial charge >= 0.3 is 0 Å². The summed E-state index contributed by atoms with van der Waals surface area (Å²) in [7, 11) is 0. The molecule has 0 aliphatic rings. The lowest BCUT2D eigenvalue weighted by Gasteiger charge is -2.05. The molecule has 5 nitrogen and oxygen atoms in total. The predicted octanol–water partition coefficient (Wildman–Crippen LogP) is 2.35. The summed E-state index contributed by atoms with van der Waals surface area (Å²) < 4.78 is 27.5. The van der Waals surface area contributed by atoms with Crippen LogP contribution in [-0.2, 0) is 6.54 Å². The van der Waals surface area contributed by atoms with E-state index in [0.29, 0.717) is 35.4 Å². The van der Waals surface area contributed by atoms with Crippen molar-refractivity contribution in [3.63, 3.8) is 0 Å². The summed E-state index contributed by atoms with van der Waals surface area (Å²) in [6, 6.07) is 3.03. The lowest BCUT2D eigenvalue weighted by atomic mass is 10.2. The molecule has 0 atom stereocenters. The zero-order valence-electron chi connectivity index (χ0n) is 11.0. The van der Waals surface area contributed by atoms with Gasteiger partial charge in [-0.15, -0.1) is 0 Å². The van der Waals surface area contributed by atoms with Crippen LogP contribution in [0.25, 0.3) is 11.4 Å². The predicted molar refractivity (Wildman–Crippen MR) is 73.7 cm³/mol. The van der Waals surface area contributed by atoms with Crippen molar-refractivity contribution in [2.24, 2.45) is 5.73 Å². The molecular weight excluding hydrogens is 284 g/mol. The van der Waals surface area contributed by atoms with Gasteiger partial charge in [-0.25, -0.2) is 18.7 Å². The minimum atomic E-state index is -2.64. The van der Waals surface area contributed by atoms with Gasteiger partial charge in [0.1, 0.15) is 11.4 Å². The van der Waals surface area contributed by atoms with E-state index in [1.165, 1.54) is 17.8 Å². The van der Waals surface area contributed by atoms with Gasteiger partial charge in [0.05, 0.1) is 5.69 Å². The molecule has 0 aliphatic heterocycles. The van der Waals surface area contributed by atoms with Crippen molar-refractivity contribution in [2.75, 3.05) is 12.3 Å². The molecule has 2 aromatic rings. The number of thioether (sulfide) groups is 1. The monoisotopic (exact) mass is 299 g/mol. The summed E-state index contributed by atoms with van der Waals surface area (Å²) in [6.07, 6.45) is -0.853. The molecule has 2 aromatic heterocycles. The van der Waals surface area contributed by atoms with E-state index in [2.05, 4.69) is 15.1 Å². The van der Waals surface area contributed by atoms with Crippen LogP contribution in [0.2, 0.25) is 0 Å². The molecule has 0 amide bonds. The summed E-state index contributed by atoms with van der Waals surface area (Å²) in [4.78, 5) is 8.09. The Morgan fingerprint density at radius 2 is 2.15 bits per heavy atom. The van der Waals surface area contributed by atoms with E-state index in [1.54, 1.807) is 16.9 Å². The average molecular weight is 299 g/mol. The van der Waals surface area contributed by atoms with E-state index in [-0.39, 0.29) is 5.69 Å². The molecule has 20 heavy (non-hydrogen) atoms. The fraction of sp³-hybridized carbons (Fsp3) is 0.417. The topological polar surface area (TPSA) is 69.6 Å². The Labute approximate surface area is 119 Å². The quantitative estimate of drug-likeness (QED) is 0.655. The van der Waals surface area contributed by atoms with Gasteiger partial charge in [0.15, 0.2) is 5.16 Å². The van der Waals surface area contributed by atoms with Gasteiger partial charge < -0.3 is 5.73 Å². The number of nitrogens with two attached hydrogens (primary N) is 1. The summed E-state index contributed by atoms with van der Waals surface area (Å²) in [6.45, 7) is 3.10. The number of hydrogen-bond donors (Lipinski definition) is 1. The molecule has 0 saturated carbocycles. The van der Waals surface area contributed by atoms with Crippen molar-refractivity contribution in [2.45, 2.75) is 25.1 Å². The van der Waals surface area contributed by atoms with Gasteiger partial charge in [-0.05, 0) is 19.1 Å². The van der Waals surface area contributed by atoms with Crippen molar-refractivity contribution in [3.05, 3.63) is 24.0 Å². The third-order valence-electron chi connectivity index (χ3n) is 2.53. The van der Waals surface area contributed by atoms with E-state index in [0.717, 1.165) is 0 Å². The standard InChI is InChI=1S/C12H15F2N5S/c1-2-19-5-3-8(18-19)9-7-10(11(13)14)17-12(16-9)20-6-4-15/h3,5,7,11H,2,4,6,15H2,1H3. The highest BCUT2D eigenvalue weighted by Crippen LogP contribution is 2.25. The zero-order chi connectivity index (χ0) is 14.5. The lowest BCUT2D eigenvalue weighted by molar-refractivity contribution is 0.145. The smallest absolute Gasteiger partial charge is 0.280 e. The van der Waals surface area contributed by atoms with Gasteiger partial charge in [0, 0.05) is 25.0 Å². The minimum Gasteiger partial charge on any atom is -0.330 e. The first-order valence-corrected chi connectivity index (χ1v) is 7.16. The van der Waals surface area contributed by atoms with Crippen LogP contribution in [0.4, 0.5) is 8.78 Å². The first-order chi connectivity index (χ1) is 9.63. The normalized spacial score (nSPS) is 11.2. The molecule has 0 bridgehead atoms. The highest BCUT2D eigenvalue weighted by molar-refractivity contribution is 7.99. The summed E-state index contributed by atoms with van der Waals surface area (Å²) in [5, 5.41) is 4.57. The van der Waals surface area contributed by atoms with Crippen LogP contribution in [0.1, 0.15) is 19.0 Å². The summed E-state index contributed by atoms with van der Waals surface area (Å²) in [5.41, 5.74) is 6.08. The lowest BCUT2D eigenvalue weighted by Crippen LogP contribution is -2.04. The SMILES string of the molecule is CCn1ccc(-c2cc(C(F)F)nc(SCCN)n2)n1. The van der Waals surface area contributed by atoms with Crippen molar-refractivity contribution in [1.29, 1.82) is 0 Å². The number of alkyl halides is 2. The Hall–Kier alpha value is -1.54. The number of aromatic nitrogens is 4. The Balaban J connectivity index is 2.37. The van der Waals surface area contributed by atoms with E-state index in [9.17, 15) is 8.78 Å². The Bertz CT molecular complexity index is 573. The largest absolute Gasteiger partial charge is 0.330 e. The van der Waals surface area contributed by atoms with Gasteiger partial charge in [-0.2, -0.15) is 5.10 Å². The maximum absolute atomic E-state index is 12.9.